The number of alkyl halides is 3. The van der Waals surface area contributed by atoms with Crippen molar-refractivity contribution >= 4 is 26.3 Å². The van der Waals surface area contributed by atoms with Crippen molar-refractivity contribution in [2.24, 2.45) is 10.9 Å². The molecule has 2 fully saturated rings. The van der Waals surface area contributed by atoms with Gasteiger partial charge in [0.2, 0.25) is 0 Å². The number of rotatable bonds is 1. The standard InChI is InChI=1S/C17H17F3N3O6S/c1-9-8-28-16(29-9)2-4-22(5-3-16)15-21-14(24)11-6-10(17(18,19)20)7-12(23(25)26)13(11)30(15)27/h6-7,9,11H,2-5,8H2,1H3/q-1/t9-,11?/m0/s1. The normalized spacial score (nSPS) is 29.5. The Balaban J connectivity index is 1.66. The van der Waals surface area contributed by atoms with E-state index in [9.17, 15) is 32.3 Å². The smallest absolute Gasteiger partial charge is 0.416 e. The molecule has 164 valence electrons. The van der Waals surface area contributed by atoms with Crippen LogP contribution in [-0.2, 0) is 28.9 Å². The lowest BCUT2D eigenvalue weighted by atomic mass is 9.92. The average molecular weight is 448 g/mol. The molecule has 0 bridgehead atoms. The predicted octanol–water partition coefficient (Wildman–Crippen LogP) is 1.53. The van der Waals surface area contributed by atoms with Crippen LogP contribution in [0.25, 0.3) is 0 Å². The SMILES string of the molecule is C[C@H]1COC2(CCN(C3=NC(=O)C4C=C(C(F)(F)F)C=C([N+](=O)[O-])C4=[S-]3=O)CC2)O1. The number of hydrogen-bond donors (Lipinski definition) is 0. The summed E-state index contributed by atoms with van der Waals surface area (Å²) in [6.45, 7) is 2.84. The third-order valence-electron chi connectivity index (χ3n) is 5.33. The molecule has 0 N–H and O–H groups in total. The maximum Gasteiger partial charge on any atom is 0.416 e. The van der Waals surface area contributed by atoms with Crippen molar-refractivity contribution in [1.29, 1.82) is 0 Å². The minimum absolute atomic E-state index is 0.0692. The number of hydrogen-bond acceptors (Lipinski definition) is 8. The highest BCUT2D eigenvalue weighted by atomic mass is 32.2. The van der Waals surface area contributed by atoms with Crippen LogP contribution in [0.1, 0.15) is 19.8 Å². The number of ether oxygens (including phenoxy) is 2. The maximum absolute atomic E-state index is 13.1. The molecule has 0 radical (unpaired) electrons. The molecule has 1 aliphatic carbocycles. The molecule has 3 aliphatic heterocycles. The number of carbonyl (C=O) groups excluding carboxylic acids is 1. The highest BCUT2D eigenvalue weighted by Crippen LogP contribution is 2.36. The molecule has 9 nitrogen and oxygen atoms in total. The number of piperidine rings is 1. The van der Waals surface area contributed by atoms with Crippen LogP contribution in [0.5, 0.6) is 0 Å². The lowest BCUT2D eigenvalue weighted by molar-refractivity contribution is -0.415. The van der Waals surface area contributed by atoms with E-state index in [0.717, 1.165) is 0 Å². The fourth-order valence-corrected chi connectivity index (χ4v) is 5.40. The Kier molecular flexibility index (Phi) is 5.02. The van der Waals surface area contributed by atoms with Gasteiger partial charge in [-0.3, -0.25) is 14.9 Å². The summed E-state index contributed by atoms with van der Waals surface area (Å²) in [4.78, 5) is 27.6. The van der Waals surface area contributed by atoms with Crippen LogP contribution < -0.4 is 0 Å². The molecule has 0 aromatic rings. The van der Waals surface area contributed by atoms with E-state index in [4.69, 9.17) is 9.47 Å². The Bertz CT molecular complexity index is 987. The first kappa shape index (κ1) is 21.0. The zero-order valence-corrected chi connectivity index (χ0v) is 16.5. The van der Waals surface area contributed by atoms with Crippen LogP contribution in [-0.4, -0.2) is 63.5 Å². The van der Waals surface area contributed by atoms with Gasteiger partial charge in [-0.15, -0.1) is 0 Å². The molecule has 0 saturated carbocycles. The van der Waals surface area contributed by atoms with Gasteiger partial charge in [-0.2, -0.15) is 23.6 Å². The van der Waals surface area contributed by atoms with Crippen molar-refractivity contribution < 1.29 is 36.6 Å². The average Bonchev–Trinajstić information content (AvgIpc) is 3.03. The van der Waals surface area contributed by atoms with Gasteiger partial charge in [0.05, 0.1) is 29.1 Å². The molecule has 1 amide bonds. The van der Waals surface area contributed by atoms with E-state index < -0.39 is 55.2 Å². The van der Waals surface area contributed by atoms with Crippen molar-refractivity contribution in [3.8, 4) is 0 Å². The molecule has 1 spiro atoms. The fourth-order valence-electron chi connectivity index (χ4n) is 3.89. The number of likely N-dealkylation sites (tertiary alicyclic amines) is 1. The van der Waals surface area contributed by atoms with Crippen molar-refractivity contribution in [3.05, 3.63) is 33.5 Å². The van der Waals surface area contributed by atoms with Crippen molar-refractivity contribution in [2.75, 3.05) is 19.7 Å². The number of allylic oxidation sites excluding steroid dienone is 3. The second kappa shape index (κ2) is 7.17. The van der Waals surface area contributed by atoms with Gasteiger partial charge in [0, 0.05) is 37.2 Å². The zero-order valence-electron chi connectivity index (χ0n) is 15.7. The van der Waals surface area contributed by atoms with Crippen LogP contribution >= 0.6 is 0 Å². The minimum Gasteiger partial charge on any atom is -0.454 e. The van der Waals surface area contributed by atoms with E-state index in [0.29, 0.717) is 31.6 Å². The summed E-state index contributed by atoms with van der Waals surface area (Å²) in [6.07, 6.45) is -3.31. The summed E-state index contributed by atoms with van der Waals surface area (Å²) in [5, 5.41) is 11.2. The molecule has 30 heavy (non-hydrogen) atoms. The lowest BCUT2D eigenvalue weighted by Crippen LogP contribution is -2.50. The molecular formula is C17H17F3N3O6S-. The largest absolute Gasteiger partial charge is 0.454 e. The van der Waals surface area contributed by atoms with Crippen molar-refractivity contribution in [1.82, 2.24) is 4.90 Å². The molecule has 1 unspecified atom stereocenters. The molecule has 2 atom stereocenters. The Morgan fingerprint density at radius 1 is 1.37 bits per heavy atom. The second-order valence-corrected chi connectivity index (χ2v) is 8.73. The van der Waals surface area contributed by atoms with Crippen molar-refractivity contribution in [3.63, 3.8) is 0 Å². The highest BCUT2D eigenvalue weighted by molar-refractivity contribution is 8.00. The Morgan fingerprint density at radius 2 is 2.03 bits per heavy atom. The number of amidine groups is 1. The van der Waals surface area contributed by atoms with Gasteiger partial charge in [-0.25, -0.2) is 4.99 Å². The number of nitro groups is 1. The first-order valence-corrected chi connectivity index (χ1v) is 10.3. The summed E-state index contributed by atoms with van der Waals surface area (Å²) < 4.78 is 63.9. The van der Waals surface area contributed by atoms with E-state index in [2.05, 4.69) is 4.99 Å². The van der Waals surface area contributed by atoms with E-state index in [1.54, 1.807) is 4.90 Å². The third-order valence-corrected chi connectivity index (χ3v) is 6.87. The van der Waals surface area contributed by atoms with Crippen LogP contribution in [0.2, 0.25) is 0 Å². The minimum atomic E-state index is -4.89. The molecule has 13 heteroatoms. The van der Waals surface area contributed by atoms with E-state index in [-0.39, 0.29) is 24.4 Å². The van der Waals surface area contributed by atoms with Crippen LogP contribution in [0.4, 0.5) is 13.2 Å². The van der Waals surface area contributed by atoms with Gasteiger partial charge in [-0.05, 0) is 11.8 Å². The maximum atomic E-state index is 13.1. The predicted molar refractivity (Wildman–Crippen MR) is 98.2 cm³/mol. The first-order valence-electron chi connectivity index (χ1n) is 9.14. The third kappa shape index (κ3) is 3.54. The van der Waals surface area contributed by atoms with Gasteiger partial charge in [0.15, 0.2) is 5.79 Å². The Morgan fingerprint density at radius 3 is 2.57 bits per heavy atom. The molecule has 0 aromatic carbocycles. The summed E-state index contributed by atoms with van der Waals surface area (Å²) in [5.74, 6) is -3.47. The van der Waals surface area contributed by atoms with E-state index >= 15 is 0 Å². The van der Waals surface area contributed by atoms with Crippen LogP contribution in [0.3, 0.4) is 0 Å². The van der Waals surface area contributed by atoms with Gasteiger partial charge in [-0.1, -0.05) is 6.08 Å². The van der Waals surface area contributed by atoms with E-state index in [1.165, 1.54) is 0 Å². The van der Waals surface area contributed by atoms with Gasteiger partial charge in [0.25, 0.3) is 11.6 Å². The Hall–Kier alpha value is -2.25. The molecular weight excluding hydrogens is 431 g/mol. The van der Waals surface area contributed by atoms with Crippen molar-refractivity contribution in [2.45, 2.75) is 37.8 Å². The fraction of sp³-hybridized carbons (Fsp3) is 0.588. The topological polar surface area (TPSA) is 111 Å². The Labute approximate surface area is 170 Å². The number of aliphatic imine (C=N–C) groups is 1. The number of nitrogens with zero attached hydrogens (tertiary/aromatic N) is 3. The molecule has 4 rings (SSSR count). The van der Waals surface area contributed by atoms with Gasteiger partial charge < -0.3 is 18.6 Å². The molecule has 0 aromatic heterocycles. The number of fused-ring (bicyclic) bond motifs is 1. The van der Waals surface area contributed by atoms with Gasteiger partial charge >= 0.3 is 6.18 Å². The van der Waals surface area contributed by atoms with Crippen LogP contribution in [0.15, 0.2) is 28.4 Å². The first-order chi connectivity index (χ1) is 14.0. The lowest BCUT2D eigenvalue weighted by Gasteiger charge is -2.42. The number of halogens is 3. The summed E-state index contributed by atoms with van der Waals surface area (Å²) >= 11 is 0. The summed E-state index contributed by atoms with van der Waals surface area (Å²) in [7, 11) is -2.26. The zero-order chi connectivity index (χ0) is 21.8. The summed E-state index contributed by atoms with van der Waals surface area (Å²) in [6, 6.07) is 0. The quantitative estimate of drug-likeness (QED) is 0.259. The molecule has 3 heterocycles. The monoisotopic (exact) mass is 448 g/mol. The molecule has 2 saturated heterocycles. The molecule has 4 aliphatic rings. The summed E-state index contributed by atoms with van der Waals surface area (Å²) in [5.41, 5.74) is -2.32. The highest BCUT2D eigenvalue weighted by Gasteiger charge is 2.44. The number of amides is 1. The van der Waals surface area contributed by atoms with Crippen LogP contribution in [0, 0.1) is 16.0 Å². The van der Waals surface area contributed by atoms with Gasteiger partial charge in [0.1, 0.15) is 0 Å². The second-order valence-electron chi connectivity index (χ2n) is 7.39. The number of carbonyl (C=O) groups is 1. The van der Waals surface area contributed by atoms with E-state index in [1.807, 2.05) is 6.92 Å².